The van der Waals surface area contributed by atoms with E-state index in [0.29, 0.717) is 6.42 Å². The molecule has 0 saturated carbocycles. The average Bonchev–Trinajstić information content (AvgIpc) is 2.27. The molecule has 0 aliphatic carbocycles. The minimum absolute atomic E-state index is 0.181. The zero-order valence-electron chi connectivity index (χ0n) is 11.7. The third-order valence-electron chi connectivity index (χ3n) is 3.35. The van der Waals surface area contributed by atoms with E-state index in [2.05, 4.69) is 0 Å². The van der Waals surface area contributed by atoms with E-state index in [1.807, 2.05) is 45.0 Å². The van der Waals surface area contributed by atoms with Crippen LogP contribution in [0, 0.1) is 12.3 Å². The first kappa shape index (κ1) is 18.1. The number of alkyl halides is 3. The number of carbonyl (C=O) groups is 1. The molecule has 112 valence electrons. The Labute approximate surface area is 140 Å². The first-order chi connectivity index (χ1) is 9.04. The maximum absolute atomic E-state index is 11.1. The van der Waals surface area contributed by atoms with Gasteiger partial charge in [-0.3, -0.25) is 4.79 Å². The summed E-state index contributed by atoms with van der Waals surface area (Å²) in [5.74, 6) is 0. The highest BCUT2D eigenvalue weighted by molar-refractivity contribution is 6.63. The van der Waals surface area contributed by atoms with Crippen LogP contribution in [0.4, 0.5) is 0 Å². The molecule has 1 aromatic carbocycles. The average molecular weight is 356 g/mol. The standard InChI is InChI=1S/C15H18Cl4O/c1-10-4-6-11(7-5-10)15(18,19)8-12(16)14(2,3)9-13(17)20/h4-7,12H,8-9H2,1-3H3. The maximum Gasteiger partial charge on any atom is 0.222 e. The lowest BCUT2D eigenvalue weighted by Gasteiger charge is -2.33. The Kier molecular flexibility index (Phi) is 6.22. The van der Waals surface area contributed by atoms with Crippen molar-refractivity contribution in [3.05, 3.63) is 35.4 Å². The van der Waals surface area contributed by atoms with E-state index in [-0.39, 0.29) is 11.8 Å². The molecule has 1 nitrogen and oxygen atoms in total. The van der Waals surface area contributed by atoms with Gasteiger partial charge < -0.3 is 0 Å². The number of aryl methyl sites for hydroxylation is 1. The van der Waals surface area contributed by atoms with Crippen molar-refractivity contribution in [2.45, 2.75) is 43.3 Å². The van der Waals surface area contributed by atoms with Crippen LogP contribution in [0.5, 0.6) is 0 Å². The Morgan fingerprint density at radius 3 is 2.15 bits per heavy atom. The maximum atomic E-state index is 11.1. The van der Waals surface area contributed by atoms with Crippen molar-refractivity contribution in [1.82, 2.24) is 0 Å². The Bertz CT molecular complexity index is 465. The SMILES string of the molecule is Cc1ccc(C(Cl)(Cl)CC(Cl)C(C)(C)CC(=O)Cl)cc1. The number of rotatable bonds is 6. The van der Waals surface area contributed by atoms with Crippen LogP contribution in [0.15, 0.2) is 24.3 Å². The molecule has 20 heavy (non-hydrogen) atoms. The Morgan fingerprint density at radius 1 is 1.20 bits per heavy atom. The fourth-order valence-electron chi connectivity index (χ4n) is 1.89. The van der Waals surface area contributed by atoms with Crippen LogP contribution in [0.1, 0.15) is 37.8 Å². The molecule has 0 radical (unpaired) electrons. The van der Waals surface area contributed by atoms with Gasteiger partial charge in [0.25, 0.3) is 0 Å². The summed E-state index contributed by atoms with van der Waals surface area (Å²) in [5.41, 5.74) is 1.46. The molecule has 0 saturated heterocycles. The molecule has 0 amide bonds. The van der Waals surface area contributed by atoms with Gasteiger partial charge in [0.15, 0.2) is 0 Å². The highest BCUT2D eigenvalue weighted by Gasteiger charge is 2.37. The van der Waals surface area contributed by atoms with Gasteiger partial charge in [0.05, 0.1) is 0 Å². The van der Waals surface area contributed by atoms with E-state index >= 15 is 0 Å². The fourth-order valence-corrected chi connectivity index (χ4v) is 3.26. The molecule has 1 rings (SSSR count). The van der Waals surface area contributed by atoms with Crippen molar-refractivity contribution < 1.29 is 4.79 Å². The lowest BCUT2D eigenvalue weighted by Crippen LogP contribution is -2.31. The van der Waals surface area contributed by atoms with Gasteiger partial charge in [-0.1, -0.05) is 66.9 Å². The van der Waals surface area contributed by atoms with Crippen molar-refractivity contribution >= 4 is 51.6 Å². The third kappa shape index (κ3) is 5.11. The van der Waals surface area contributed by atoms with Gasteiger partial charge in [0, 0.05) is 18.2 Å². The minimum atomic E-state index is -1.09. The molecule has 0 N–H and O–H groups in total. The zero-order chi connectivity index (χ0) is 15.6. The summed E-state index contributed by atoms with van der Waals surface area (Å²) in [6.45, 7) is 5.75. The molecule has 0 spiro atoms. The van der Waals surface area contributed by atoms with Crippen molar-refractivity contribution in [3.8, 4) is 0 Å². The van der Waals surface area contributed by atoms with Crippen LogP contribution in [0.25, 0.3) is 0 Å². The summed E-state index contributed by atoms with van der Waals surface area (Å²) in [6.07, 6.45) is 0.512. The van der Waals surface area contributed by atoms with Gasteiger partial charge in [-0.05, 0) is 29.5 Å². The molecule has 0 heterocycles. The van der Waals surface area contributed by atoms with E-state index in [1.165, 1.54) is 0 Å². The number of hydrogen-bond acceptors (Lipinski definition) is 1. The number of halogens is 4. The van der Waals surface area contributed by atoms with Crippen molar-refractivity contribution in [2.75, 3.05) is 0 Å². The summed E-state index contributed by atoms with van der Waals surface area (Å²) in [4.78, 5) is 11.1. The Hall–Kier alpha value is 0.0500. The van der Waals surface area contributed by atoms with Crippen LogP contribution in [-0.4, -0.2) is 10.6 Å². The second-order valence-electron chi connectivity index (χ2n) is 5.76. The summed E-state index contributed by atoms with van der Waals surface area (Å²) < 4.78 is -1.09. The number of hydrogen-bond donors (Lipinski definition) is 0. The highest BCUT2D eigenvalue weighted by Crippen LogP contribution is 2.44. The summed E-state index contributed by atoms with van der Waals surface area (Å²) in [6, 6.07) is 7.67. The van der Waals surface area contributed by atoms with Crippen LogP contribution >= 0.6 is 46.4 Å². The molecule has 0 fully saturated rings. The lowest BCUT2D eigenvalue weighted by molar-refractivity contribution is -0.113. The monoisotopic (exact) mass is 354 g/mol. The molecule has 1 atom stereocenters. The highest BCUT2D eigenvalue weighted by atomic mass is 35.5. The zero-order valence-corrected chi connectivity index (χ0v) is 14.7. The van der Waals surface area contributed by atoms with Crippen LogP contribution in [0.2, 0.25) is 0 Å². The minimum Gasteiger partial charge on any atom is -0.281 e. The van der Waals surface area contributed by atoms with E-state index in [1.54, 1.807) is 0 Å². The van der Waals surface area contributed by atoms with Crippen molar-refractivity contribution in [3.63, 3.8) is 0 Å². The van der Waals surface area contributed by atoms with E-state index in [4.69, 9.17) is 46.4 Å². The quantitative estimate of drug-likeness (QED) is 0.465. The molecule has 1 aromatic rings. The summed E-state index contributed by atoms with van der Waals surface area (Å²) in [7, 11) is 0. The van der Waals surface area contributed by atoms with Crippen LogP contribution in [-0.2, 0) is 9.13 Å². The molecule has 0 aromatic heterocycles. The van der Waals surface area contributed by atoms with Crippen molar-refractivity contribution in [2.24, 2.45) is 5.41 Å². The predicted molar refractivity (Wildman–Crippen MR) is 88.1 cm³/mol. The van der Waals surface area contributed by atoms with Gasteiger partial charge in [-0.2, -0.15) is 0 Å². The first-order valence-electron chi connectivity index (χ1n) is 6.32. The number of benzene rings is 1. The van der Waals surface area contributed by atoms with Gasteiger partial charge in [0.2, 0.25) is 5.24 Å². The van der Waals surface area contributed by atoms with E-state index in [0.717, 1.165) is 11.1 Å². The van der Waals surface area contributed by atoms with E-state index < -0.39 is 15.0 Å². The number of carbonyl (C=O) groups excluding carboxylic acids is 1. The smallest absolute Gasteiger partial charge is 0.222 e. The first-order valence-corrected chi connectivity index (χ1v) is 7.89. The van der Waals surface area contributed by atoms with Crippen LogP contribution < -0.4 is 0 Å². The predicted octanol–water partition coefficient (Wildman–Crippen LogP) is 5.80. The van der Waals surface area contributed by atoms with E-state index in [9.17, 15) is 4.79 Å². The normalized spacial score (nSPS) is 14.2. The molecule has 0 aliphatic rings. The molecule has 0 aliphatic heterocycles. The Morgan fingerprint density at radius 2 is 1.70 bits per heavy atom. The van der Waals surface area contributed by atoms with Gasteiger partial charge in [-0.15, -0.1) is 11.6 Å². The molecule has 1 unspecified atom stereocenters. The van der Waals surface area contributed by atoms with Gasteiger partial charge >= 0.3 is 0 Å². The lowest BCUT2D eigenvalue weighted by atomic mass is 9.83. The third-order valence-corrected chi connectivity index (χ3v) is 4.98. The second-order valence-corrected chi connectivity index (χ2v) is 8.19. The topological polar surface area (TPSA) is 17.1 Å². The van der Waals surface area contributed by atoms with Gasteiger partial charge in [0.1, 0.15) is 4.33 Å². The molecule has 0 bridgehead atoms. The second kappa shape index (κ2) is 6.87. The summed E-state index contributed by atoms with van der Waals surface area (Å²) >= 11 is 24.7. The van der Waals surface area contributed by atoms with Crippen LogP contribution in [0.3, 0.4) is 0 Å². The van der Waals surface area contributed by atoms with Gasteiger partial charge in [-0.25, -0.2) is 0 Å². The Balaban J connectivity index is 2.84. The molecular weight excluding hydrogens is 338 g/mol. The molecular formula is C15H18Cl4O. The summed E-state index contributed by atoms with van der Waals surface area (Å²) in [5, 5.41) is -0.785. The molecule has 5 heteroatoms. The largest absolute Gasteiger partial charge is 0.281 e. The fraction of sp³-hybridized carbons (Fsp3) is 0.533. The van der Waals surface area contributed by atoms with Crippen molar-refractivity contribution in [1.29, 1.82) is 0 Å².